The minimum Gasteiger partial charge on any atom is -0.484 e. The maximum absolute atomic E-state index is 13.0. The minimum atomic E-state index is -4.87. The van der Waals surface area contributed by atoms with E-state index >= 15 is 0 Å². The number of hydrogen-bond donors (Lipinski definition) is 2. The first-order valence-corrected chi connectivity index (χ1v) is 9.62. The molecule has 10 heteroatoms. The molecule has 8 nitrogen and oxygen atoms in total. The third kappa shape index (κ3) is 5.66. The molecule has 0 bridgehead atoms. The molecular formula is C19H15FN2O6S. The lowest BCUT2D eigenvalue weighted by Gasteiger charge is -2.09. The molecule has 2 amide bonds. The standard InChI is InChI=1S/C19H15FN2O6S/c20-29(25,26)16-7-2-5-14(11-16)21-18(23)12-28-15-6-1-4-13(10-15)22-19(24)17-8-3-9-27-17/h1-11H,12H2,(H,21,23)(H,22,24). The second-order valence-electron chi connectivity index (χ2n) is 5.76. The van der Waals surface area contributed by atoms with Crippen LogP contribution in [0.25, 0.3) is 0 Å². The predicted octanol–water partition coefficient (Wildman–Crippen LogP) is 3.21. The van der Waals surface area contributed by atoms with Crippen LogP contribution < -0.4 is 15.4 Å². The van der Waals surface area contributed by atoms with Crippen LogP contribution in [0.3, 0.4) is 0 Å². The maximum atomic E-state index is 13.0. The van der Waals surface area contributed by atoms with Gasteiger partial charge in [0.1, 0.15) is 10.6 Å². The Morgan fingerprint density at radius 1 is 0.966 bits per heavy atom. The van der Waals surface area contributed by atoms with Crippen molar-refractivity contribution in [3.63, 3.8) is 0 Å². The number of carbonyl (C=O) groups is 2. The monoisotopic (exact) mass is 418 g/mol. The van der Waals surface area contributed by atoms with Gasteiger partial charge in [-0.15, -0.1) is 3.89 Å². The molecule has 3 aromatic rings. The molecule has 1 aromatic heterocycles. The molecular weight excluding hydrogens is 403 g/mol. The van der Waals surface area contributed by atoms with Gasteiger partial charge in [0.05, 0.1) is 6.26 Å². The molecule has 0 spiro atoms. The highest BCUT2D eigenvalue weighted by atomic mass is 32.3. The Kier molecular flexibility index (Phi) is 5.93. The molecule has 2 N–H and O–H groups in total. The predicted molar refractivity (Wildman–Crippen MR) is 102 cm³/mol. The van der Waals surface area contributed by atoms with Gasteiger partial charge in [0.2, 0.25) is 0 Å². The Labute approximate surface area is 165 Å². The molecule has 0 saturated heterocycles. The molecule has 0 saturated carbocycles. The van der Waals surface area contributed by atoms with Gasteiger partial charge in [0.25, 0.3) is 11.8 Å². The zero-order chi connectivity index (χ0) is 20.9. The third-order valence-electron chi connectivity index (χ3n) is 3.61. The van der Waals surface area contributed by atoms with E-state index in [1.807, 2.05) is 0 Å². The first kappa shape index (κ1) is 20.1. The fourth-order valence-corrected chi connectivity index (χ4v) is 2.84. The van der Waals surface area contributed by atoms with Gasteiger partial charge in [-0.3, -0.25) is 9.59 Å². The van der Waals surface area contributed by atoms with E-state index in [4.69, 9.17) is 9.15 Å². The average Bonchev–Trinajstić information content (AvgIpc) is 3.21. The summed E-state index contributed by atoms with van der Waals surface area (Å²) in [5.74, 6) is -0.554. The minimum absolute atomic E-state index is 0.108. The van der Waals surface area contributed by atoms with Crippen molar-refractivity contribution in [2.45, 2.75) is 4.90 Å². The molecule has 0 aliphatic carbocycles. The van der Waals surface area contributed by atoms with Crippen molar-refractivity contribution in [3.8, 4) is 5.75 Å². The topological polar surface area (TPSA) is 115 Å². The zero-order valence-corrected chi connectivity index (χ0v) is 15.6. The summed E-state index contributed by atoms with van der Waals surface area (Å²) in [4.78, 5) is 23.4. The Morgan fingerprint density at radius 3 is 2.38 bits per heavy atom. The van der Waals surface area contributed by atoms with Crippen LogP contribution in [0.4, 0.5) is 15.3 Å². The van der Waals surface area contributed by atoms with Crippen LogP contribution in [0.5, 0.6) is 5.75 Å². The molecule has 2 aromatic carbocycles. The largest absolute Gasteiger partial charge is 0.484 e. The number of nitrogens with one attached hydrogen (secondary N) is 2. The summed E-state index contributed by atoms with van der Waals surface area (Å²) in [5, 5.41) is 5.04. The Hall–Kier alpha value is -3.66. The Morgan fingerprint density at radius 2 is 1.69 bits per heavy atom. The SMILES string of the molecule is O=C(COc1cccc(NC(=O)c2ccco2)c1)Nc1cccc(S(=O)(=O)F)c1. The highest BCUT2D eigenvalue weighted by molar-refractivity contribution is 7.86. The molecule has 29 heavy (non-hydrogen) atoms. The van der Waals surface area contributed by atoms with Crippen LogP contribution in [0.1, 0.15) is 10.6 Å². The molecule has 0 atom stereocenters. The van der Waals surface area contributed by atoms with Crippen molar-refractivity contribution in [1.82, 2.24) is 0 Å². The van der Waals surface area contributed by atoms with E-state index in [-0.39, 0.29) is 18.1 Å². The molecule has 0 fully saturated rings. The van der Waals surface area contributed by atoms with Crippen LogP contribution in [-0.4, -0.2) is 26.8 Å². The first-order chi connectivity index (χ1) is 13.8. The summed E-state index contributed by atoms with van der Waals surface area (Å²) in [7, 11) is -4.87. The highest BCUT2D eigenvalue weighted by Gasteiger charge is 2.13. The van der Waals surface area contributed by atoms with E-state index in [0.717, 1.165) is 12.1 Å². The Balaban J connectivity index is 1.57. The lowest BCUT2D eigenvalue weighted by molar-refractivity contribution is -0.118. The third-order valence-corrected chi connectivity index (χ3v) is 4.42. The number of furan rings is 1. The number of benzene rings is 2. The zero-order valence-electron chi connectivity index (χ0n) is 14.8. The van der Waals surface area contributed by atoms with Crippen LogP contribution >= 0.6 is 0 Å². The molecule has 0 unspecified atom stereocenters. The van der Waals surface area contributed by atoms with E-state index in [1.165, 1.54) is 30.5 Å². The number of anilines is 2. The van der Waals surface area contributed by atoms with Crippen molar-refractivity contribution in [2.24, 2.45) is 0 Å². The van der Waals surface area contributed by atoms with Gasteiger partial charge in [0, 0.05) is 17.4 Å². The van der Waals surface area contributed by atoms with Crippen molar-refractivity contribution in [3.05, 3.63) is 72.7 Å². The van der Waals surface area contributed by atoms with Crippen molar-refractivity contribution < 1.29 is 31.0 Å². The molecule has 1 heterocycles. The lowest BCUT2D eigenvalue weighted by atomic mass is 10.3. The normalized spacial score (nSPS) is 10.9. The van der Waals surface area contributed by atoms with Gasteiger partial charge in [-0.1, -0.05) is 12.1 Å². The van der Waals surface area contributed by atoms with E-state index in [2.05, 4.69) is 10.6 Å². The molecule has 0 aliphatic heterocycles. The average molecular weight is 418 g/mol. The quantitative estimate of drug-likeness (QED) is 0.570. The van der Waals surface area contributed by atoms with Crippen molar-refractivity contribution >= 4 is 33.4 Å². The number of carbonyl (C=O) groups excluding carboxylic acids is 2. The number of amides is 2. The number of hydrogen-bond acceptors (Lipinski definition) is 6. The van der Waals surface area contributed by atoms with Gasteiger partial charge in [-0.2, -0.15) is 8.42 Å². The summed E-state index contributed by atoms with van der Waals surface area (Å²) in [6, 6.07) is 14.3. The van der Waals surface area contributed by atoms with E-state index in [9.17, 15) is 21.9 Å². The number of ether oxygens (including phenoxy) is 1. The highest BCUT2D eigenvalue weighted by Crippen LogP contribution is 2.19. The summed E-state index contributed by atoms with van der Waals surface area (Å²) >= 11 is 0. The maximum Gasteiger partial charge on any atom is 0.332 e. The summed E-state index contributed by atoms with van der Waals surface area (Å²) in [6.07, 6.45) is 1.38. The van der Waals surface area contributed by atoms with Crippen LogP contribution in [-0.2, 0) is 15.0 Å². The van der Waals surface area contributed by atoms with E-state index < -0.39 is 26.9 Å². The van der Waals surface area contributed by atoms with Crippen molar-refractivity contribution in [1.29, 1.82) is 0 Å². The molecule has 0 aliphatic rings. The van der Waals surface area contributed by atoms with Gasteiger partial charge < -0.3 is 19.8 Å². The van der Waals surface area contributed by atoms with Crippen LogP contribution in [0, 0.1) is 0 Å². The van der Waals surface area contributed by atoms with E-state index in [0.29, 0.717) is 11.4 Å². The van der Waals surface area contributed by atoms with Crippen molar-refractivity contribution in [2.75, 3.05) is 17.2 Å². The van der Waals surface area contributed by atoms with Gasteiger partial charge in [-0.25, -0.2) is 0 Å². The summed E-state index contributed by atoms with van der Waals surface area (Å²) in [5.41, 5.74) is 0.543. The van der Waals surface area contributed by atoms with Gasteiger partial charge in [0.15, 0.2) is 12.4 Å². The van der Waals surface area contributed by atoms with E-state index in [1.54, 1.807) is 24.3 Å². The first-order valence-electron chi connectivity index (χ1n) is 8.23. The van der Waals surface area contributed by atoms with Crippen LogP contribution in [0.2, 0.25) is 0 Å². The summed E-state index contributed by atoms with van der Waals surface area (Å²) in [6.45, 7) is -0.387. The molecule has 150 valence electrons. The number of rotatable bonds is 7. The smallest absolute Gasteiger partial charge is 0.332 e. The second-order valence-corrected chi connectivity index (χ2v) is 7.11. The molecule has 3 rings (SSSR count). The Bertz CT molecular complexity index is 1130. The van der Waals surface area contributed by atoms with Gasteiger partial charge in [-0.05, 0) is 42.5 Å². The second kappa shape index (κ2) is 8.57. The van der Waals surface area contributed by atoms with Crippen LogP contribution in [0.15, 0.2) is 76.2 Å². The summed E-state index contributed by atoms with van der Waals surface area (Å²) < 4.78 is 45.3. The lowest BCUT2D eigenvalue weighted by Crippen LogP contribution is -2.20. The fraction of sp³-hybridized carbons (Fsp3) is 0.0526. The fourth-order valence-electron chi connectivity index (χ4n) is 2.34. The van der Waals surface area contributed by atoms with Gasteiger partial charge >= 0.3 is 10.2 Å². The molecule has 0 radical (unpaired) electrons. The number of halogens is 1.